The lowest BCUT2D eigenvalue weighted by Gasteiger charge is -2.35. The van der Waals surface area contributed by atoms with Gasteiger partial charge >= 0.3 is 0 Å². The van der Waals surface area contributed by atoms with Crippen LogP contribution in [0.25, 0.3) is 0 Å². The van der Waals surface area contributed by atoms with Crippen molar-refractivity contribution in [3.05, 3.63) is 76.2 Å². The smallest absolute Gasteiger partial charge is 0.115 e. The highest BCUT2D eigenvalue weighted by molar-refractivity contribution is 7.09. The molecule has 1 aromatic heterocycles. The van der Waals surface area contributed by atoms with Crippen LogP contribution in [0.5, 0.6) is 5.75 Å². The molecule has 3 aromatic rings. The lowest BCUT2D eigenvalue weighted by Crippen LogP contribution is -2.46. The number of nitrogens with zero attached hydrogens (tertiary/aromatic N) is 3. The largest absolute Gasteiger partial charge is 0.508 e. The Kier molecular flexibility index (Phi) is 5.18. The lowest BCUT2D eigenvalue weighted by molar-refractivity contribution is 0.247. The summed E-state index contributed by atoms with van der Waals surface area (Å²) in [6.07, 6.45) is 0.917. The van der Waals surface area contributed by atoms with E-state index in [0.29, 0.717) is 5.75 Å². The Labute approximate surface area is 158 Å². The van der Waals surface area contributed by atoms with Gasteiger partial charge < -0.3 is 10.0 Å². The van der Waals surface area contributed by atoms with Gasteiger partial charge in [-0.2, -0.15) is 0 Å². The van der Waals surface area contributed by atoms with Crippen LogP contribution in [0, 0.1) is 0 Å². The molecule has 0 saturated carbocycles. The van der Waals surface area contributed by atoms with E-state index in [2.05, 4.69) is 45.5 Å². The minimum absolute atomic E-state index is 0.322. The molecule has 4 nitrogen and oxygen atoms in total. The molecule has 1 fully saturated rings. The average Bonchev–Trinajstić information content (AvgIpc) is 3.11. The number of hydrogen-bond donors (Lipinski definition) is 1. The number of hydrogen-bond acceptors (Lipinski definition) is 5. The van der Waals surface area contributed by atoms with Crippen molar-refractivity contribution in [3.8, 4) is 5.75 Å². The van der Waals surface area contributed by atoms with E-state index in [1.165, 1.54) is 22.0 Å². The van der Waals surface area contributed by atoms with Crippen molar-refractivity contribution >= 4 is 17.0 Å². The van der Waals surface area contributed by atoms with E-state index in [9.17, 15) is 5.11 Å². The second-order valence-electron chi connectivity index (χ2n) is 6.67. The van der Waals surface area contributed by atoms with Crippen molar-refractivity contribution in [1.82, 2.24) is 9.88 Å². The molecule has 26 heavy (non-hydrogen) atoms. The van der Waals surface area contributed by atoms with E-state index in [4.69, 9.17) is 4.98 Å². The standard InChI is InChI=1S/C21H23N3OS/c25-20-8-6-19(7-9-20)24-12-10-23(11-13-24)15-18-16-26-21(22-18)14-17-4-2-1-3-5-17/h1-9,16,25H,10-15H2. The number of benzene rings is 2. The molecule has 2 aromatic carbocycles. The van der Waals surface area contributed by atoms with Crippen LogP contribution in [0.3, 0.4) is 0 Å². The SMILES string of the molecule is Oc1ccc(N2CCN(Cc3csc(Cc4ccccc4)n3)CC2)cc1. The van der Waals surface area contributed by atoms with Gasteiger partial charge in [-0.3, -0.25) is 4.90 Å². The van der Waals surface area contributed by atoms with Gasteiger partial charge in [0.15, 0.2) is 0 Å². The lowest BCUT2D eigenvalue weighted by atomic mass is 10.2. The molecule has 5 heteroatoms. The fourth-order valence-electron chi connectivity index (χ4n) is 3.33. The molecule has 0 unspecified atom stereocenters. The van der Waals surface area contributed by atoms with Gasteiger partial charge in [-0.05, 0) is 29.8 Å². The summed E-state index contributed by atoms with van der Waals surface area (Å²) < 4.78 is 0. The number of piperazine rings is 1. The molecule has 1 aliphatic rings. The van der Waals surface area contributed by atoms with Gasteiger partial charge in [-0.15, -0.1) is 11.3 Å². The normalized spacial score (nSPS) is 15.3. The molecule has 134 valence electrons. The zero-order chi connectivity index (χ0) is 17.8. The van der Waals surface area contributed by atoms with Gasteiger partial charge in [0.1, 0.15) is 5.75 Å². The number of aromatic hydroxyl groups is 1. The third-order valence-electron chi connectivity index (χ3n) is 4.77. The second-order valence-corrected chi connectivity index (χ2v) is 7.62. The Morgan fingerprint density at radius 1 is 0.923 bits per heavy atom. The maximum absolute atomic E-state index is 9.42. The average molecular weight is 366 g/mol. The number of thiazole rings is 1. The minimum atomic E-state index is 0.322. The first-order valence-electron chi connectivity index (χ1n) is 9.00. The Balaban J connectivity index is 1.30. The first-order chi connectivity index (χ1) is 12.8. The Hall–Kier alpha value is -2.37. The summed E-state index contributed by atoms with van der Waals surface area (Å²) in [6.45, 7) is 5.01. The summed E-state index contributed by atoms with van der Waals surface area (Å²) in [4.78, 5) is 9.67. The van der Waals surface area contributed by atoms with Crippen LogP contribution in [-0.4, -0.2) is 41.2 Å². The van der Waals surface area contributed by atoms with Gasteiger partial charge in [0.2, 0.25) is 0 Å². The van der Waals surface area contributed by atoms with Crippen LogP contribution >= 0.6 is 11.3 Å². The van der Waals surface area contributed by atoms with Crippen LogP contribution in [0.1, 0.15) is 16.3 Å². The zero-order valence-corrected chi connectivity index (χ0v) is 15.5. The molecule has 0 aliphatic carbocycles. The van der Waals surface area contributed by atoms with Crippen molar-refractivity contribution in [2.45, 2.75) is 13.0 Å². The van der Waals surface area contributed by atoms with Crippen molar-refractivity contribution < 1.29 is 5.11 Å². The highest BCUT2D eigenvalue weighted by Crippen LogP contribution is 2.21. The third-order valence-corrected chi connectivity index (χ3v) is 5.67. The fourth-order valence-corrected chi connectivity index (χ4v) is 4.15. The van der Waals surface area contributed by atoms with Crippen molar-refractivity contribution in [2.24, 2.45) is 0 Å². The van der Waals surface area contributed by atoms with Crippen LogP contribution in [-0.2, 0) is 13.0 Å². The fraction of sp³-hybridized carbons (Fsp3) is 0.286. The van der Waals surface area contributed by atoms with E-state index >= 15 is 0 Å². The molecular weight excluding hydrogens is 342 g/mol. The molecule has 2 heterocycles. The second kappa shape index (κ2) is 7.89. The topological polar surface area (TPSA) is 39.6 Å². The van der Waals surface area contributed by atoms with E-state index < -0.39 is 0 Å². The molecule has 0 bridgehead atoms. The van der Waals surface area contributed by atoms with E-state index in [-0.39, 0.29) is 0 Å². The van der Waals surface area contributed by atoms with Crippen molar-refractivity contribution in [2.75, 3.05) is 31.1 Å². The van der Waals surface area contributed by atoms with Crippen LogP contribution in [0.2, 0.25) is 0 Å². The van der Waals surface area contributed by atoms with Gasteiger partial charge in [0.05, 0.1) is 10.7 Å². The Morgan fingerprint density at radius 2 is 1.65 bits per heavy atom. The van der Waals surface area contributed by atoms with Gasteiger partial charge in [-0.25, -0.2) is 4.98 Å². The molecular formula is C21H23N3OS. The molecule has 0 radical (unpaired) electrons. The molecule has 1 aliphatic heterocycles. The Morgan fingerprint density at radius 3 is 2.38 bits per heavy atom. The number of phenolic OH excluding ortho intramolecular Hbond substituents is 1. The highest BCUT2D eigenvalue weighted by atomic mass is 32.1. The predicted octanol–water partition coefficient (Wildman–Crippen LogP) is 3.76. The van der Waals surface area contributed by atoms with Crippen LogP contribution < -0.4 is 4.90 Å². The first-order valence-corrected chi connectivity index (χ1v) is 9.88. The number of anilines is 1. The molecule has 0 spiro atoms. The van der Waals surface area contributed by atoms with Crippen LogP contribution in [0.15, 0.2) is 60.0 Å². The highest BCUT2D eigenvalue weighted by Gasteiger charge is 2.18. The maximum Gasteiger partial charge on any atom is 0.115 e. The summed E-state index contributed by atoms with van der Waals surface area (Å²) in [5.41, 5.74) is 3.68. The monoisotopic (exact) mass is 365 g/mol. The minimum Gasteiger partial charge on any atom is -0.508 e. The molecule has 0 amide bonds. The third kappa shape index (κ3) is 4.23. The van der Waals surface area contributed by atoms with Crippen LogP contribution in [0.4, 0.5) is 5.69 Å². The number of aromatic nitrogens is 1. The summed E-state index contributed by atoms with van der Waals surface area (Å²) in [6, 6.07) is 18.0. The Bertz CT molecular complexity index is 824. The molecule has 1 N–H and O–H groups in total. The molecule has 4 rings (SSSR count). The number of phenols is 1. The first kappa shape index (κ1) is 17.1. The van der Waals surface area contributed by atoms with E-state index in [1.54, 1.807) is 23.5 Å². The van der Waals surface area contributed by atoms with E-state index in [1.807, 2.05) is 12.1 Å². The van der Waals surface area contributed by atoms with E-state index in [0.717, 1.165) is 39.1 Å². The van der Waals surface area contributed by atoms with Gasteiger partial charge in [-0.1, -0.05) is 30.3 Å². The number of rotatable bonds is 5. The van der Waals surface area contributed by atoms with Gasteiger partial charge in [0, 0.05) is 50.2 Å². The summed E-state index contributed by atoms with van der Waals surface area (Å²) in [5, 5.41) is 12.8. The summed E-state index contributed by atoms with van der Waals surface area (Å²) in [5.74, 6) is 0.322. The van der Waals surface area contributed by atoms with Gasteiger partial charge in [0.25, 0.3) is 0 Å². The quantitative estimate of drug-likeness (QED) is 0.747. The molecule has 0 atom stereocenters. The predicted molar refractivity (Wildman–Crippen MR) is 107 cm³/mol. The maximum atomic E-state index is 9.42. The molecule has 1 saturated heterocycles. The summed E-state index contributed by atoms with van der Waals surface area (Å²) >= 11 is 1.76. The summed E-state index contributed by atoms with van der Waals surface area (Å²) in [7, 11) is 0. The van der Waals surface area contributed by atoms with Crippen molar-refractivity contribution in [1.29, 1.82) is 0 Å². The van der Waals surface area contributed by atoms with Crippen molar-refractivity contribution in [3.63, 3.8) is 0 Å². The zero-order valence-electron chi connectivity index (χ0n) is 14.7.